The maximum absolute atomic E-state index is 13.1. The third-order valence-electron chi connectivity index (χ3n) is 2.89. The number of halogens is 1. The molecule has 0 aliphatic rings. The topological polar surface area (TPSA) is 51.2 Å². The average molecular weight is 419 g/mol. The lowest BCUT2D eigenvalue weighted by Gasteiger charge is -2.24. The van der Waals surface area contributed by atoms with Gasteiger partial charge in [-0.3, -0.25) is 4.79 Å². The molecule has 8 heteroatoms. The first-order valence-corrected chi connectivity index (χ1v) is 11.7. The van der Waals surface area contributed by atoms with E-state index in [1.807, 2.05) is 13.0 Å². The van der Waals surface area contributed by atoms with Crippen LogP contribution in [0.15, 0.2) is 64.4 Å². The van der Waals surface area contributed by atoms with Crippen molar-refractivity contribution in [1.82, 2.24) is 0 Å². The predicted octanol–water partition coefficient (Wildman–Crippen LogP) is 5.34. The second-order valence-corrected chi connectivity index (χ2v) is 12.8. The van der Waals surface area contributed by atoms with Crippen LogP contribution in [-0.2, 0) is 14.6 Å². The third kappa shape index (κ3) is 4.73. The van der Waals surface area contributed by atoms with E-state index >= 15 is 0 Å². The summed E-state index contributed by atoms with van der Waals surface area (Å²) in [4.78, 5) is 12.2. The molecule has 2 aromatic carbocycles. The van der Waals surface area contributed by atoms with Crippen LogP contribution in [0.1, 0.15) is 12.5 Å². The van der Waals surface area contributed by atoms with E-state index in [2.05, 4.69) is 0 Å². The largest absolute Gasteiger partial charge is 0.287 e. The molecule has 1 unspecified atom stereocenters. The Morgan fingerprint density at radius 3 is 2.17 bits per heavy atom. The zero-order chi connectivity index (χ0) is 17.8. The Balaban J connectivity index is 2.43. The number of hydrogen-bond acceptors (Lipinski definition) is 6. The average Bonchev–Trinajstić information content (AvgIpc) is 2.54. The smallest absolute Gasteiger partial charge is 0.255 e. The third-order valence-corrected chi connectivity index (χ3v) is 11.7. The van der Waals surface area contributed by atoms with Crippen molar-refractivity contribution in [2.75, 3.05) is 0 Å². The second kappa shape index (κ2) is 8.19. The highest BCUT2D eigenvalue weighted by molar-refractivity contribution is 8.85. The minimum Gasteiger partial charge on any atom is -0.287 e. The molecule has 1 atom stereocenters. The first-order chi connectivity index (χ1) is 11.2. The van der Waals surface area contributed by atoms with Gasteiger partial charge in [-0.2, -0.15) is 0 Å². The Kier molecular flexibility index (Phi) is 6.73. The number of alkyl halides is 1. The van der Waals surface area contributed by atoms with Gasteiger partial charge in [-0.1, -0.05) is 59.3 Å². The Bertz CT molecular complexity index is 807. The Morgan fingerprint density at radius 2 is 1.62 bits per heavy atom. The summed E-state index contributed by atoms with van der Waals surface area (Å²) in [5, 5.41) is -0.210. The number of benzene rings is 2. The van der Waals surface area contributed by atoms with Gasteiger partial charge in [0.15, 0.2) is 5.12 Å². The Hall–Kier alpha value is -0.600. The van der Waals surface area contributed by atoms with Gasteiger partial charge < -0.3 is 0 Å². The van der Waals surface area contributed by atoms with E-state index in [1.165, 1.54) is 19.1 Å². The van der Waals surface area contributed by atoms with E-state index in [1.54, 1.807) is 36.4 Å². The summed E-state index contributed by atoms with van der Waals surface area (Å²) in [6, 6.07) is 15.5. The summed E-state index contributed by atoms with van der Waals surface area (Å²) in [6.45, 7) is 3.25. The Morgan fingerprint density at radius 1 is 1.04 bits per heavy atom. The molecule has 0 amide bonds. The van der Waals surface area contributed by atoms with Crippen LogP contribution in [0.25, 0.3) is 0 Å². The van der Waals surface area contributed by atoms with Crippen molar-refractivity contribution < 1.29 is 13.2 Å². The zero-order valence-corrected chi connectivity index (χ0v) is 17.0. The van der Waals surface area contributed by atoms with Crippen LogP contribution in [0.5, 0.6) is 0 Å². The van der Waals surface area contributed by atoms with E-state index in [0.29, 0.717) is 4.90 Å². The molecule has 2 aromatic rings. The van der Waals surface area contributed by atoms with Gasteiger partial charge in [0.2, 0.25) is 9.84 Å². The van der Waals surface area contributed by atoms with Gasteiger partial charge in [0.05, 0.1) is 4.90 Å². The van der Waals surface area contributed by atoms with Crippen molar-refractivity contribution in [1.29, 1.82) is 0 Å². The first-order valence-electron chi connectivity index (χ1n) is 6.85. The zero-order valence-electron chi connectivity index (χ0n) is 12.9. The Labute approximate surface area is 159 Å². The van der Waals surface area contributed by atoms with Crippen LogP contribution in [0.4, 0.5) is 0 Å². The van der Waals surface area contributed by atoms with Crippen molar-refractivity contribution in [3.05, 3.63) is 60.2 Å². The lowest BCUT2D eigenvalue weighted by molar-refractivity contribution is -0.109. The molecule has 0 aliphatic heterocycles. The van der Waals surface area contributed by atoms with Crippen LogP contribution in [0.2, 0.25) is 0 Å². The lowest BCUT2D eigenvalue weighted by atomic mass is 10.2. The highest BCUT2D eigenvalue weighted by Crippen LogP contribution is 2.56. The minimum absolute atomic E-state index is 0.128. The SMILES string of the molecule is CC(=O)SSC(Cl)(Sc1ccccc1)S(=O)(=O)c1ccc(C)cc1. The predicted molar refractivity (Wildman–Crippen MR) is 105 cm³/mol. The molecule has 24 heavy (non-hydrogen) atoms. The monoisotopic (exact) mass is 418 g/mol. The van der Waals surface area contributed by atoms with Gasteiger partial charge in [0, 0.05) is 11.8 Å². The van der Waals surface area contributed by atoms with Crippen molar-refractivity contribution in [2.45, 2.75) is 26.5 Å². The maximum Gasteiger partial charge on any atom is 0.255 e. The number of carbonyl (C=O) groups is 1. The molecular weight excluding hydrogens is 404 g/mol. The maximum atomic E-state index is 13.1. The number of rotatable bonds is 6. The summed E-state index contributed by atoms with van der Waals surface area (Å²) in [6.07, 6.45) is 0. The second-order valence-electron chi connectivity index (χ2n) is 4.87. The van der Waals surface area contributed by atoms with Crippen LogP contribution in [0, 0.1) is 6.92 Å². The van der Waals surface area contributed by atoms with Crippen molar-refractivity contribution >= 4 is 59.9 Å². The molecule has 0 radical (unpaired) electrons. The molecule has 0 heterocycles. The number of thioether (sulfide) groups is 1. The molecule has 0 bridgehead atoms. The molecule has 3 nitrogen and oxygen atoms in total. The van der Waals surface area contributed by atoms with E-state index in [4.69, 9.17) is 11.6 Å². The molecule has 0 N–H and O–H groups in total. The number of hydrogen-bond donors (Lipinski definition) is 0. The number of aryl methyl sites for hydroxylation is 1. The number of carbonyl (C=O) groups excluding carboxylic acids is 1. The van der Waals surface area contributed by atoms with Gasteiger partial charge in [-0.15, -0.1) is 0 Å². The van der Waals surface area contributed by atoms with Crippen molar-refractivity contribution in [3.8, 4) is 0 Å². The van der Waals surface area contributed by atoms with E-state index < -0.39 is 12.7 Å². The first kappa shape index (κ1) is 19.7. The molecular formula is C16H15ClO3S4. The van der Waals surface area contributed by atoms with E-state index in [-0.39, 0.29) is 10.0 Å². The van der Waals surface area contributed by atoms with Crippen LogP contribution in [0.3, 0.4) is 0 Å². The molecule has 0 spiro atoms. The highest BCUT2D eigenvalue weighted by atomic mass is 35.5. The van der Waals surface area contributed by atoms with Crippen LogP contribution < -0.4 is 0 Å². The molecule has 0 aromatic heterocycles. The lowest BCUT2D eigenvalue weighted by Crippen LogP contribution is -2.25. The summed E-state index contributed by atoms with van der Waals surface area (Å²) in [5.41, 5.74) is 0.954. The quantitative estimate of drug-likeness (QED) is 0.273. The highest BCUT2D eigenvalue weighted by Gasteiger charge is 2.46. The summed E-state index contributed by atoms with van der Waals surface area (Å²) in [5.74, 6) is 0. The summed E-state index contributed by atoms with van der Waals surface area (Å²) in [7, 11) is -2.22. The van der Waals surface area contributed by atoms with Gasteiger partial charge >= 0.3 is 0 Å². The molecule has 2 rings (SSSR count). The standard InChI is InChI=1S/C16H15ClO3S4/c1-12-8-10-15(11-9-12)24(19,20)16(17,23-22-13(2)18)21-14-6-4-3-5-7-14/h3-11H,1-2H3. The van der Waals surface area contributed by atoms with E-state index in [9.17, 15) is 13.2 Å². The molecule has 0 saturated carbocycles. The van der Waals surface area contributed by atoms with Gasteiger partial charge in [-0.05, 0) is 52.8 Å². The van der Waals surface area contributed by atoms with Gasteiger partial charge in [-0.25, -0.2) is 8.42 Å². The molecule has 128 valence electrons. The van der Waals surface area contributed by atoms with Gasteiger partial charge in [0.25, 0.3) is 2.87 Å². The van der Waals surface area contributed by atoms with Crippen LogP contribution in [-0.4, -0.2) is 16.4 Å². The fourth-order valence-electron chi connectivity index (χ4n) is 1.71. The van der Waals surface area contributed by atoms with Crippen LogP contribution >= 0.6 is 45.0 Å². The van der Waals surface area contributed by atoms with Crippen molar-refractivity contribution in [3.63, 3.8) is 0 Å². The molecule has 0 fully saturated rings. The van der Waals surface area contributed by atoms with E-state index in [0.717, 1.165) is 38.9 Å². The summed E-state index contributed by atoms with van der Waals surface area (Å²) >= 11 is 7.56. The fourth-order valence-corrected chi connectivity index (χ4v) is 8.56. The molecule has 0 aliphatic carbocycles. The number of sulfone groups is 1. The summed E-state index contributed by atoms with van der Waals surface area (Å²) < 4.78 is 24.4. The normalized spacial score (nSPS) is 14.1. The minimum atomic E-state index is -3.89. The molecule has 0 saturated heterocycles. The van der Waals surface area contributed by atoms with Gasteiger partial charge in [0.1, 0.15) is 0 Å². The fraction of sp³-hybridized carbons (Fsp3) is 0.188. The van der Waals surface area contributed by atoms with Crippen molar-refractivity contribution in [2.24, 2.45) is 0 Å².